The first-order valence-electron chi connectivity index (χ1n) is 10.8. The highest BCUT2D eigenvalue weighted by atomic mass is 32.1. The number of carbonyl (C=O) groups is 3. The number of nitrogens with one attached hydrogen (secondary N) is 1. The van der Waals surface area contributed by atoms with Crippen LogP contribution in [0.15, 0.2) is 23.6 Å². The molecule has 0 unspecified atom stereocenters. The van der Waals surface area contributed by atoms with Crippen molar-refractivity contribution >= 4 is 29.1 Å². The van der Waals surface area contributed by atoms with E-state index in [-0.39, 0.29) is 36.7 Å². The van der Waals surface area contributed by atoms with Crippen molar-refractivity contribution in [1.82, 2.24) is 20.0 Å². The van der Waals surface area contributed by atoms with Crippen molar-refractivity contribution in [2.45, 2.75) is 64.1 Å². The minimum atomic E-state index is -1.10. The number of rotatable bonds is 7. The van der Waals surface area contributed by atoms with Crippen molar-refractivity contribution in [2.75, 3.05) is 13.2 Å². The molecule has 9 heteroatoms. The fourth-order valence-corrected chi connectivity index (χ4v) is 5.08. The van der Waals surface area contributed by atoms with E-state index in [1.807, 2.05) is 17.5 Å². The molecule has 1 N–H and O–H groups in total. The number of esters is 1. The third kappa shape index (κ3) is 4.23. The summed E-state index contributed by atoms with van der Waals surface area (Å²) in [4.78, 5) is 41.8. The maximum Gasteiger partial charge on any atom is 0.358 e. The number of aromatic nitrogens is 2. The molecule has 0 aromatic carbocycles. The van der Waals surface area contributed by atoms with Gasteiger partial charge in [-0.1, -0.05) is 18.9 Å². The number of hydrogen-bond acceptors (Lipinski definition) is 6. The van der Waals surface area contributed by atoms with Crippen molar-refractivity contribution < 1.29 is 19.1 Å². The summed E-state index contributed by atoms with van der Waals surface area (Å²) >= 11 is 1.63. The van der Waals surface area contributed by atoms with Gasteiger partial charge in [-0.15, -0.1) is 11.3 Å². The summed E-state index contributed by atoms with van der Waals surface area (Å²) in [7, 11) is 0. The smallest absolute Gasteiger partial charge is 0.358 e. The molecule has 0 radical (unpaired) electrons. The lowest BCUT2D eigenvalue weighted by Crippen LogP contribution is -2.65. The fourth-order valence-electron chi connectivity index (χ4n) is 4.38. The number of hydrogen-bond donors (Lipinski definition) is 1. The SMILES string of the molecule is CCOC(=O)c1cc2n(n1)C[C@](C)(C(=O)NC1CCCC1)N(CCc1cccs1)C2=O. The van der Waals surface area contributed by atoms with E-state index in [0.29, 0.717) is 18.7 Å². The van der Waals surface area contributed by atoms with Crippen LogP contribution in [-0.4, -0.2) is 57.2 Å². The Bertz CT molecular complexity index is 964. The van der Waals surface area contributed by atoms with Crippen LogP contribution >= 0.6 is 11.3 Å². The van der Waals surface area contributed by atoms with Gasteiger partial charge in [-0.25, -0.2) is 4.79 Å². The molecule has 8 nitrogen and oxygen atoms in total. The second-order valence-corrected chi connectivity index (χ2v) is 9.34. The van der Waals surface area contributed by atoms with Gasteiger partial charge in [0.05, 0.1) is 13.2 Å². The van der Waals surface area contributed by atoms with E-state index in [1.54, 1.807) is 30.1 Å². The molecule has 2 amide bonds. The van der Waals surface area contributed by atoms with E-state index in [0.717, 1.165) is 30.6 Å². The lowest BCUT2D eigenvalue weighted by molar-refractivity contribution is -0.133. The topological polar surface area (TPSA) is 93.5 Å². The minimum Gasteiger partial charge on any atom is -0.461 e. The predicted octanol–water partition coefficient (Wildman–Crippen LogP) is 2.64. The Labute approximate surface area is 185 Å². The fraction of sp³-hybridized carbons (Fsp3) is 0.545. The van der Waals surface area contributed by atoms with Crippen molar-refractivity contribution in [1.29, 1.82) is 0 Å². The Morgan fingerprint density at radius 3 is 2.81 bits per heavy atom. The molecule has 1 saturated carbocycles. The van der Waals surface area contributed by atoms with Crippen molar-refractivity contribution in [3.63, 3.8) is 0 Å². The molecule has 1 fully saturated rings. The Kier molecular flexibility index (Phi) is 6.13. The second kappa shape index (κ2) is 8.82. The zero-order chi connectivity index (χ0) is 22.0. The molecule has 2 aliphatic rings. The van der Waals surface area contributed by atoms with Crippen LogP contribution in [0.2, 0.25) is 0 Å². The number of amides is 2. The van der Waals surface area contributed by atoms with E-state index in [2.05, 4.69) is 10.4 Å². The number of thiophene rings is 1. The Hall–Kier alpha value is -2.68. The Balaban J connectivity index is 1.63. The van der Waals surface area contributed by atoms with Crippen LogP contribution in [0.25, 0.3) is 0 Å². The zero-order valence-electron chi connectivity index (χ0n) is 17.9. The largest absolute Gasteiger partial charge is 0.461 e. The van der Waals surface area contributed by atoms with E-state index < -0.39 is 11.5 Å². The van der Waals surface area contributed by atoms with Gasteiger partial charge in [0.25, 0.3) is 5.91 Å². The van der Waals surface area contributed by atoms with E-state index in [4.69, 9.17) is 4.74 Å². The summed E-state index contributed by atoms with van der Waals surface area (Å²) in [5.74, 6) is -1.04. The first-order valence-corrected chi connectivity index (χ1v) is 11.7. The molecule has 0 saturated heterocycles. The molecule has 2 aromatic rings. The van der Waals surface area contributed by atoms with Crippen LogP contribution in [0, 0.1) is 0 Å². The van der Waals surface area contributed by atoms with Gasteiger partial charge in [-0.2, -0.15) is 5.10 Å². The average Bonchev–Trinajstić information content (AvgIpc) is 3.49. The third-order valence-corrected chi connectivity index (χ3v) is 7.06. The highest BCUT2D eigenvalue weighted by Gasteiger charge is 2.48. The summed E-state index contributed by atoms with van der Waals surface area (Å²) in [6, 6.07) is 5.61. The molecule has 2 aromatic heterocycles. The van der Waals surface area contributed by atoms with Gasteiger partial charge in [-0.05, 0) is 44.6 Å². The standard InChI is InChI=1S/C22H28N4O4S/c1-3-30-20(28)17-13-18-19(27)25(11-10-16-9-6-12-31-16)22(2,14-26(18)24-17)21(29)23-15-7-4-5-8-15/h6,9,12-13,15H,3-5,7-8,10-11,14H2,1-2H3,(H,23,29)/t22-/m1/s1. The first kappa shape index (κ1) is 21.5. The second-order valence-electron chi connectivity index (χ2n) is 8.31. The zero-order valence-corrected chi connectivity index (χ0v) is 18.7. The molecular weight excluding hydrogens is 416 g/mol. The van der Waals surface area contributed by atoms with Crippen LogP contribution in [0.4, 0.5) is 0 Å². The monoisotopic (exact) mass is 444 g/mol. The van der Waals surface area contributed by atoms with Crippen LogP contribution < -0.4 is 5.32 Å². The molecule has 1 aliphatic heterocycles. The molecule has 3 heterocycles. The number of ether oxygens (including phenoxy) is 1. The summed E-state index contributed by atoms with van der Waals surface area (Å²) in [5.41, 5.74) is -0.703. The van der Waals surface area contributed by atoms with Gasteiger partial charge in [0.15, 0.2) is 5.69 Å². The predicted molar refractivity (Wildman–Crippen MR) is 116 cm³/mol. The van der Waals surface area contributed by atoms with Gasteiger partial charge in [-0.3, -0.25) is 14.3 Å². The van der Waals surface area contributed by atoms with E-state index >= 15 is 0 Å². The maximum atomic E-state index is 13.5. The summed E-state index contributed by atoms with van der Waals surface area (Å²) in [5, 5.41) is 9.44. The van der Waals surface area contributed by atoms with Crippen molar-refractivity contribution in [3.8, 4) is 0 Å². The molecule has 1 aliphatic carbocycles. The molecule has 4 rings (SSSR count). The van der Waals surface area contributed by atoms with Gasteiger partial charge < -0.3 is 15.0 Å². The lowest BCUT2D eigenvalue weighted by atomic mass is 9.94. The minimum absolute atomic E-state index is 0.0869. The number of fused-ring (bicyclic) bond motifs is 1. The average molecular weight is 445 g/mol. The normalized spacial score (nSPS) is 21.2. The van der Waals surface area contributed by atoms with E-state index in [9.17, 15) is 14.4 Å². The molecule has 1 atom stereocenters. The Morgan fingerprint density at radius 1 is 1.35 bits per heavy atom. The summed E-state index contributed by atoms with van der Waals surface area (Å²) < 4.78 is 6.51. The van der Waals surface area contributed by atoms with Gasteiger partial charge in [0.1, 0.15) is 11.2 Å². The van der Waals surface area contributed by atoms with Crippen LogP contribution in [-0.2, 0) is 22.5 Å². The van der Waals surface area contributed by atoms with Gasteiger partial charge in [0, 0.05) is 23.5 Å². The first-order chi connectivity index (χ1) is 14.9. The van der Waals surface area contributed by atoms with Crippen LogP contribution in [0.1, 0.15) is 65.4 Å². The molecule has 0 bridgehead atoms. The lowest BCUT2D eigenvalue weighted by Gasteiger charge is -2.43. The van der Waals surface area contributed by atoms with Crippen molar-refractivity contribution in [2.24, 2.45) is 0 Å². The van der Waals surface area contributed by atoms with Gasteiger partial charge in [0.2, 0.25) is 5.91 Å². The Morgan fingerprint density at radius 2 is 2.13 bits per heavy atom. The molecule has 0 spiro atoms. The number of nitrogens with zero attached hydrogens (tertiary/aromatic N) is 3. The van der Waals surface area contributed by atoms with Crippen LogP contribution in [0.5, 0.6) is 0 Å². The number of carbonyl (C=O) groups excluding carboxylic acids is 3. The quantitative estimate of drug-likeness (QED) is 0.663. The molecule has 166 valence electrons. The molecule has 31 heavy (non-hydrogen) atoms. The van der Waals surface area contributed by atoms with E-state index in [1.165, 1.54) is 10.7 Å². The summed E-state index contributed by atoms with van der Waals surface area (Å²) in [6.07, 6.45) is 4.80. The molecular formula is C22H28N4O4S. The maximum absolute atomic E-state index is 13.5. The third-order valence-electron chi connectivity index (χ3n) is 6.12. The van der Waals surface area contributed by atoms with Gasteiger partial charge >= 0.3 is 5.97 Å². The highest BCUT2D eigenvalue weighted by Crippen LogP contribution is 2.29. The van der Waals surface area contributed by atoms with Crippen LogP contribution in [0.3, 0.4) is 0 Å². The summed E-state index contributed by atoms with van der Waals surface area (Å²) in [6.45, 7) is 4.34. The van der Waals surface area contributed by atoms with Crippen molar-refractivity contribution in [3.05, 3.63) is 39.8 Å². The highest BCUT2D eigenvalue weighted by molar-refractivity contribution is 7.09.